The molecule has 176 valence electrons. The Labute approximate surface area is 186 Å². The van der Waals surface area contributed by atoms with Crippen LogP contribution in [0.2, 0.25) is 0 Å². The standard InChI is InChI=1S/C22H21F3N2O6/c23-22(24,25)12-33-27-20(30)18(9-10-19(28)29)26-21(31)32-11-17-15-7-3-1-5-13(15)14-6-2-4-8-16(14)17/h1-8,17-18H,9-12H2,(H,26,31)(H,27,30)(H,28,29). The zero-order valence-electron chi connectivity index (χ0n) is 17.2. The molecule has 1 atom stereocenters. The summed E-state index contributed by atoms with van der Waals surface area (Å²) < 4.78 is 41.8. The van der Waals surface area contributed by atoms with Gasteiger partial charge in [0.2, 0.25) is 0 Å². The first-order chi connectivity index (χ1) is 15.7. The van der Waals surface area contributed by atoms with E-state index in [-0.39, 0.29) is 18.9 Å². The van der Waals surface area contributed by atoms with Gasteiger partial charge in [-0.05, 0) is 28.7 Å². The minimum absolute atomic E-state index is 0.0578. The fourth-order valence-electron chi connectivity index (χ4n) is 3.58. The summed E-state index contributed by atoms with van der Waals surface area (Å²) in [5.41, 5.74) is 5.53. The highest BCUT2D eigenvalue weighted by molar-refractivity contribution is 5.85. The molecule has 0 aromatic heterocycles. The zero-order valence-corrected chi connectivity index (χ0v) is 17.2. The number of halogens is 3. The lowest BCUT2D eigenvalue weighted by atomic mass is 9.98. The number of rotatable bonds is 9. The van der Waals surface area contributed by atoms with Gasteiger partial charge in [-0.3, -0.25) is 14.4 Å². The molecule has 1 aliphatic carbocycles. The summed E-state index contributed by atoms with van der Waals surface area (Å²) in [6.45, 7) is -1.80. The summed E-state index contributed by atoms with van der Waals surface area (Å²) >= 11 is 0. The van der Waals surface area contributed by atoms with E-state index in [1.807, 2.05) is 48.5 Å². The van der Waals surface area contributed by atoms with Crippen LogP contribution in [0.1, 0.15) is 29.9 Å². The first kappa shape index (κ1) is 24.1. The Kier molecular flexibility index (Phi) is 7.54. The number of benzene rings is 2. The average molecular weight is 466 g/mol. The fourth-order valence-corrected chi connectivity index (χ4v) is 3.58. The summed E-state index contributed by atoms with van der Waals surface area (Å²) in [6, 6.07) is 13.8. The van der Waals surface area contributed by atoms with Crippen molar-refractivity contribution >= 4 is 18.0 Å². The molecule has 2 aromatic carbocycles. The minimum Gasteiger partial charge on any atom is -0.481 e. The average Bonchev–Trinajstić information content (AvgIpc) is 3.08. The van der Waals surface area contributed by atoms with E-state index < -0.39 is 43.2 Å². The number of nitrogens with one attached hydrogen (secondary N) is 2. The third-order valence-corrected chi connectivity index (χ3v) is 5.01. The number of ether oxygens (including phenoxy) is 1. The lowest BCUT2D eigenvalue weighted by molar-refractivity contribution is -0.192. The molecular weight excluding hydrogens is 445 g/mol. The van der Waals surface area contributed by atoms with Crippen molar-refractivity contribution in [2.24, 2.45) is 0 Å². The number of amides is 2. The molecule has 0 aliphatic heterocycles. The highest BCUT2D eigenvalue weighted by Gasteiger charge is 2.31. The SMILES string of the molecule is O=C(O)CCC(NC(=O)OCC1c2ccccc2-c2ccccc21)C(=O)NOCC(F)(F)F. The van der Waals surface area contributed by atoms with Crippen LogP contribution in [0.5, 0.6) is 0 Å². The number of carbonyl (C=O) groups is 3. The number of carbonyl (C=O) groups excluding carboxylic acids is 2. The van der Waals surface area contributed by atoms with Crippen LogP contribution in [0.15, 0.2) is 48.5 Å². The Morgan fingerprint density at radius 2 is 1.58 bits per heavy atom. The highest BCUT2D eigenvalue weighted by Crippen LogP contribution is 2.44. The molecule has 3 N–H and O–H groups in total. The van der Waals surface area contributed by atoms with Gasteiger partial charge in [-0.1, -0.05) is 48.5 Å². The molecular formula is C22H21F3N2O6. The van der Waals surface area contributed by atoms with E-state index in [4.69, 9.17) is 9.84 Å². The zero-order chi connectivity index (χ0) is 24.0. The maximum atomic E-state index is 12.3. The van der Waals surface area contributed by atoms with Gasteiger partial charge >= 0.3 is 18.2 Å². The summed E-state index contributed by atoms with van der Waals surface area (Å²) in [7, 11) is 0. The number of hydrogen-bond donors (Lipinski definition) is 3. The lowest BCUT2D eigenvalue weighted by Gasteiger charge is -2.19. The second-order valence-electron chi connectivity index (χ2n) is 7.33. The number of fused-ring (bicyclic) bond motifs is 3. The van der Waals surface area contributed by atoms with Crippen LogP contribution in [-0.4, -0.2) is 48.5 Å². The first-order valence-corrected chi connectivity index (χ1v) is 9.97. The molecule has 0 spiro atoms. The van der Waals surface area contributed by atoms with Gasteiger partial charge in [0.1, 0.15) is 12.6 Å². The van der Waals surface area contributed by atoms with Gasteiger partial charge < -0.3 is 15.2 Å². The number of alkyl halides is 3. The second kappa shape index (κ2) is 10.3. The van der Waals surface area contributed by atoms with Crippen molar-refractivity contribution in [1.82, 2.24) is 10.8 Å². The first-order valence-electron chi connectivity index (χ1n) is 9.97. The number of hydrogen-bond acceptors (Lipinski definition) is 5. The molecule has 1 aliphatic rings. The predicted molar refractivity (Wildman–Crippen MR) is 109 cm³/mol. The van der Waals surface area contributed by atoms with Crippen molar-refractivity contribution in [3.63, 3.8) is 0 Å². The van der Waals surface area contributed by atoms with Crippen LogP contribution in [0.25, 0.3) is 11.1 Å². The molecule has 2 aromatic rings. The predicted octanol–water partition coefficient (Wildman–Crippen LogP) is 3.37. The minimum atomic E-state index is -4.68. The van der Waals surface area contributed by atoms with E-state index in [0.717, 1.165) is 22.3 Å². The Bertz CT molecular complexity index is 982. The van der Waals surface area contributed by atoms with E-state index in [0.29, 0.717) is 0 Å². The van der Waals surface area contributed by atoms with Crippen molar-refractivity contribution in [3.05, 3.63) is 59.7 Å². The van der Waals surface area contributed by atoms with Crippen LogP contribution in [-0.2, 0) is 19.2 Å². The maximum Gasteiger partial charge on any atom is 0.414 e. The van der Waals surface area contributed by atoms with Crippen LogP contribution < -0.4 is 10.8 Å². The van der Waals surface area contributed by atoms with Crippen molar-refractivity contribution in [1.29, 1.82) is 0 Å². The van der Waals surface area contributed by atoms with Crippen LogP contribution in [0, 0.1) is 0 Å². The highest BCUT2D eigenvalue weighted by atomic mass is 19.4. The third kappa shape index (κ3) is 6.45. The Hall–Kier alpha value is -3.60. The van der Waals surface area contributed by atoms with Crippen molar-refractivity contribution in [2.75, 3.05) is 13.2 Å². The Balaban J connectivity index is 1.62. The number of carboxylic acid groups (broad SMARTS) is 1. The molecule has 33 heavy (non-hydrogen) atoms. The summed E-state index contributed by atoms with van der Waals surface area (Å²) in [5, 5.41) is 11.0. The fraction of sp³-hybridized carbons (Fsp3) is 0.318. The molecule has 8 nitrogen and oxygen atoms in total. The van der Waals surface area contributed by atoms with E-state index in [1.165, 1.54) is 0 Å². The van der Waals surface area contributed by atoms with Gasteiger partial charge in [0.25, 0.3) is 5.91 Å². The second-order valence-corrected chi connectivity index (χ2v) is 7.33. The Morgan fingerprint density at radius 1 is 1.00 bits per heavy atom. The third-order valence-electron chi connectivity index (χ3n) is 5.01. The van der Waals surface area contributed by atoms with Crippen LogP contribution >= 0.6 is 0 Å². The largest absolute Gasteiger partial charge is 0.481 e. The molecule has 0 bridgehead atoms. The molecule has 11 heteroatoms. The molecule has 0 saturated heterocycles. The van der Waals surface area contributed by atoms with Crippen molar-refractivity contribution in [3.8, 4) is 11.1 Å². The smallest absolute Gasteiger partial charge is 0.414 e. The molecule has 0 saturated carbocycles. The maximum absolute atomic E-state index is 12.3. The van der Waals surface area contributed by atoms with Gasteiger partial charge in [-0.15, -0.1) is 0 Å². The van der Waals surface area contributed by atoms with E-state index in [9.17, 15) is 27.6 Å². The normalized spacial score (nSPS) is 13.5. The summed E-state index contributed by atoms with van der Waals surface area (Å²) in [6.07, 6.45) is -6.58. The van der Waals surface area contributed by atoms with Gasteiger partial charge in [-0.2, -0.15) is 13.2 Å². The van der Waals surface area contributed by atoms with E-state index >= 15 is 0 Å². The van der Waals surface area contributed by atoms with Crippen LogP contribution in [0.4, 0.5) is 18.0 Å². The molecule has 0 heterocycles. The molecule has 0 radical (unpaired) electrons. The molecule has 2 amide bonds. The van der Waals surface area contributed by atoms with Gasteiger partial charge in [0.05, 0.1) is 0 Å². The van der Waals surface area contributed by atoms with Gasteiger partial charge in [-0.25, -0.2) is 10.3 Å². The quantitative estimate of drug-likeness (QED) is 0.489. The number of carboxylic acids is 1. The van der Waals surface area contributed by atoms with Crippen LogP contribution in [0.3, 0.4) is 0 Å². The van der Waals surface area contributed by atoms with E-state index in [2.05, 4.69) is 10.2 Å². The number of aliphatic carboxylic acids is 1. The van der Waals surface area contributed by atoms with Gasteiger partial charge in [0.15, 0.2) is 6.61 Å². The summed E-state index contributed by atoms with van der Waals surface area (Å²) in [4.78, 5) is 39.4. The monoisotopic (exact) mass is 466 g/mol. The van der Waals surface area contributed by atoms with Crippen molar-refractivity contribution < 1.29 is 42.2 Å². The molecule has 1 unspecified atom stereocenters. The Morgan fingerprint density at radius 3 is 2.12 bits per heavy atom. The summed E-state index contributed by atoms with van der Waals surface area (Å²) in [5.74, 6) is -2.63. The lowest BCUT2D eigenvalue weighted by Crippen LogP contribution is -2.47. The topological polar surface area (TPSA) is 114 Å². The van der Waals surface area contributed by atoms with Crippen molar-refractivity contribution in [2.45, 2.75) is 31.0 Å². The molecule has 0 fully saturated rings. The number of alkyl carbamates (subject to hydrolysis) is 1. The van der Waals surface area contributed by atoms with Gasteiger partial charge in [0, 0.05) is 12.3 Å². The van der Waals surface area contributed by atoms with E-state index in [1.54, 1.807) is 5.48 Å². The molecule has 3 rings (SSSR count). The number of hydroxylamine groups is 1.